The van der Waals surface area contributed by atoms with Crippen molar-refractivity contribution in [1.82, 2.24) is 25.1 Å². The van der Waals surface area contributed by atoms with E-state index < -0.39 is 0 Å². The third-order valence-electron chi connectivity index (χ3n) is 5.29. The highest BCUT2D eigenvalue weighted by Gasteiger charge is 2.25. The van der Waals surface area contributed by atoms with Crippen LogP contribution in [-0.2, 0) is 7.05 Å². The van der Waals surface area contributed by atoms with E-state index in [2.05, 4.69) is 44.4 Å². The van der Waals surface area contributed by atoms with E-state index in [0.29, 0.717) is 28.9 Å². The number of anilines is 2. The molecule has 2 N–H and O–H groups in total. The second-order valence-electron chi connectivity index (χ2n) is 7.88. The highest BCUT2D eigenvalue weighted by atomic mass is 16.5. The summed E-state index contributed by atoms with van der Waals surface area (Å²) < 4.78 is 6.90. The molecule has 4 rings (SSSR count). The minimum atomic E-state index is -0.245. The summed E-state index contributed by atoms with van der Waals surface area (Å²) in [7, 11) is 3.34. The zero-order valence-electron chi connectivity index (χ0n) is 17.9. The summed E-state index contributed by atoms with van der Waals surface area (Å²) in [5, 5.41) is 11.6. The van der Waals surface area contributed by atoms with Gasteiger partial charge in [0.25, 0.3) is 5.91 Å². The largest absolute Gasteiger partial charge is 0.467 e. The number of hydrogen-bond donors (Lipinski definition) is 2. The lowest BCUT2D eigenvalue weighted by Crippen LogP contribution is -2.54. The van der Waals surface area contributed by atoms with Gasteiger partial charge in [-0.1, -0.05) is 0 Å². The first-order valence-electron chi connectivity index (χ1n) is 10.0. The van der Waals surface area contributed by atoms with Crippen molar-refractivity contribution in [2.45, 2.75) is 32.9 Å². The van der Waals surface area contributed by atoms with Gasteiger partial charge in [0.2, 0.25) is 0 Å². The number of carbonyl (C=O) groups excluding carboxylic acids is 1. The van der Waals surface area contributed by atoms with Crippen molar-refractivity contribution in [2.75, 3.05) is 30.4 Å². The fourth-order valence-electron chi connectivity index (χ4n) is 4.08. The standard InChI is InChI=1S/C21H27N7O2/c1-12-9-28(10-13(2)23-12)18-7-6-15(19-16(18)8-22-21(25-19)30-5)20(29)24-17-11-27(4)26-14(17)3/h6-8,11-13,23H,9-10H2,1-5H3,(H,24,29)/t12-,13+. The Morgan fingerprint density at radius 3 is 2.63 bits per heavy atom. The summed E-state index contributed by atoms with van der Waals surface area (Å²) >= 11 is 0. The fraction of sp³-hybridized carbons (Fsp3) is 0.429. The summed E-state index contributed by atoms with van der Waals surface area (Å²) in [5.41, 5.74) is 3.47. The second-order valence-corrected chi connectivity index (χ2v) is 7.88. The average molecular weight is 409 g/mol. The SMILES string of the molecule is COc1ncc2c(N3C[C@@H](C)N[C@@H](C)C3)ccc(C(=O)Nc3cn(C)nc3C)c2n1. The molecule has 0 aliphatic carbocycles. The molecule has 9 heteroatoms. The molecule has 0 bridgehead atoms. The van der Waals surface area contributed by atoms with Crippen LogP contribution >= 0.6 is 0 Å². The quantitative estimate of drug-likeness (QED) is 0.681. The van der Waals surface area contributed by atoms with E-state index in [1.54, 1.807) is 17.1 Å². The zero-order valence-corrected chi connectivity index (χ0v) is 17.9. The smallest absolute Gasteiger partial charge is 0.316 e. The lowest BCUT2D eigenvalue weighted by molar-refractivity contribution is 0.102. The van der Waals surface area contributed by atoms with Crippen LogP contribution in [0.4, 0.5) is 11.4 Å². The van der Waals surface area contributed by atoms with Crippen LogP contribution in [0.25, 0.3) is 10.9 Å². The normalized spacial score (nSPS) is 19.2. The molecule has 30 heavy (non-hydrogen) atoms. The van der Waals surface area contributed by atoms with Gasteiger partial charge in [0, 0.05) is 55.7 Å². The van der Waals surface area contributed by atoms with Gasteiger partial charge in [-0.25, -0.2) is 4.98 Å². The monoisotopic (exact) mass is 409 g/mol. The van der Waals surface area contributed by atoms with Crippen molar-refractivity contribution >= 4 is 28.2 Å². The van der Waals surface area contributed by atoms with Crippen molar-refractivity contribution in [3.8, 4) is 6.01 Å². The van der Waals surface area contributed by atoms with Crippen LogP contribution in [0.5, 0.6) is 6.01 Å². The number of piperazine rings is 1. The van der Waals surface area contributed by atoms with Crippen molar-refractivity contribution < 1.29 is 9.53 Å². The second kappa shape index (κ2) is 7.91. The minimum absolute atomic E-state index is 0.230. The van der Waals surface area contributed by atoms with Crippen LogP contribution in [0, 0.1) is 6.92 Å². The Hall–Kier alpha value is -3.20. The first-order chi connectivity index (χ1) is 14.4. The molecule has 3 heterocycles. The van der Waals surface area contributed by atoms with Crippen LogP contribution in [0.3, 0.4) is 0 Å². The van der Waals surface area contributed by atoms with Gasteiger partial charge in [-0.3, -0.25) is 9.48 Å². The van der Waals surface area contributed by atoms with Gasteiger partial charge in [-0.05, 0) is 32.9 Å². The maximum absolute atomic E-state index is 13.1. The van der Waals surface area contributed by atoms with Crippen LogP contribution in [-0.4, -0.2) is 57.9 Å². The molecular formula is C21H27N7O2. The number of rotatable bonds is 4. The van der Waals surface area contributed by atoms with Crippen LogP contribution in [0.1, 0.15) is 29.9 Å². The molecule has 0 unspecified atom stereocenters. The summed E-state index contributed by atoms with van der Waals surface area (Å²) in [4.78, 5) is 24.2. The van der Waals surface area contributed by atoms with Gasteiger partial charge in [-0.2, -0.15) is 10.1 Å². The molecule has 0 spiro atoms. The van der Waals surface area contributed by atoms with E-state index in [4.69, 9.17) is 4.74 Å². The van der Waals surface area contributed by atoms with Gasteiger partial charge in [0.15, 0.2) is 0 Å². The third kappa shape index (κ3) is 3.80. The first kappa shape index (κ1) is 20.1. The molecule has 1 fully saturated rings. The number of methoxy groups -OCH3 is 1. The fourth-order valence-corrected chi connectivity index (χ4v) is 4.08. The zero-order chi connectivity index (χ0) is 21.4. The molecule has 0 saturated carbocycles. The number of hydrogen-bond acceptors (Lipinski definition) is 7. The first-order valence-corrected chi connectivity index (χ1v) is 10.0. The van der Waals surface area contributed by atoms with Crippen LogP contribution in [0.2, 0.25) is 0 Å². The number of aromatic nitrogens is 4. The number of amides is 1. The lowest BCUT2D eigenvalue weighted by Gasteiger charge is -2.38. The van der Waals surface area contributed by atoms with E-state index in [0.717, 1.165) is 29.9 Å². The number of nitrogens with zero attached hydrogens (tertiary/aromatic N) is 5. The molecule has 1 saturated heterocycles. The highest BCUT2D eigenvalue weighted by molar-refractivity contribution is 6.14. The van der Waals surface area contributed by atoms with E-state index in [1.807, 2.05) is 26.1 Å². The Morgan fingerprint density at radius 2 is 2.00 bits per heavy atom. The van der Waals surface area contributed by atoms with Gasteiger partial charge >= 0.3 is 6.01 Å². The number of aryl methyl sites for hydroxylation is 2. The number of benzene rings is 1. The molecule has 1 aromatic carbocycles. The third-order valence-corrected chi connectivity index (χ3v) is 5.29. The van der Waals surface area contributed by atoms with Crippen molar-refractivity contribution in [3.05, 3.63) is 35.8 Å². The Morgan fingerprint density at radius 1 is 1.27 bits per heavy atom. The number of ether oxygens (including phenoxy) is 1. The lowest BCUT2D eigenvalue weighted by atomic mass is 10.0. The van der Waals surface area contributed by atoms with Gasteiger partial charge in [0.1, 0.15) is 0 Å². The Bertz CT molecular complexity index is 1080. The molecular weight excluding hydrogens is 382 g/mol. The highest BCUT2D eigenvalue weighted by Crippen LogP contribution is 2.31. The van der Waals surface area contributed by atoms with Gasteiger partial charge in [0.05, 0.1) is 29.6 Å². The van der Waals surface area contributed by atoms with E-state index >= 15 is 0 Å². The molecule has 158 valence electrons. The molecule has 1 amide bonds. The Kier molecular flexibility index (Phi) is 5.29. The summed E-state index contributed by atoms with van der Waals surface area (Å²) in [6.45, 7) is 7.93. The predicted octanol–water partition coefficient (Wildman–Crippen LogP) is 2.12. The predicted molar refractivity (Wildman–Crippen MR) is 116 cm³/mol. The van der Waals surface area contributed by atoms with Gasteiger partial charge < -0.3 is 20.3 Å². The Labute approximate surface area is 175 Å². The molecule has 3 aromatic rings. The van der Waals surface area contributed by atoms with Crippen molar-refractivity contribution in [3.63, 3.8) is 0 Å². The number of nitrogens with one attached hydrogen (secondary N) is 2. The van der Waals surface area contributed by atoms with Gasteiger partial charge in [-0.15, -0.1) is 0 Å². The van der Waals surface area contributed by atoms with E-state index in [1.165, 1.54) is 7.11 Å². The van der Waals surface area contributed by atoms with E-state index in [-0.39, 0.29) is 11.9 Å². The maximum Gasteiger partial charge on any atom is 0.316 e. The summed E-state index contributed by atoms with van der Waals surface area (Å²) in [5.74, 6) is -0.245. The van der Waals surface area contributed by atoms with Crippen molar-refractivity contribution in [1.29, 1.82) is 0 Å². The summed E-state index contributed by atoms with van der Waals surface area (Å²) in [6, 6.07) is 4.75. The molecule has 1 aliphatic heterocycles. The minimum Gasteiger partial charge on any atom is -0.467 e. The van der Waals surface area contributed by atoms with E-state index in [9.17, 15) is 4.79 Å². The van der Waals surface area contributed by atoms with Crippen LogP contribution in [0.15, 0.2) is 24.5 Å². The van der Waals surface area contributed by atoms with Crippen molar-refractivity contribution in [2.24, 2.45) is 7.05 Å². The summed E-state index contributed by atoms with van der Waals surface area (Å²) in [6.07, 6.45) is 3.52. The topological polar surface area (TPSA) is 97.2 Å². The molecule has 2 aromatic heterocycles. The number of carbonyl (C=O) groups is 1. The molecule has 2 atom stereocenters. The average Bonchev–Trinajstić information content (AvgIpc) is 3.02. The van der Waals surface area contributed by atoms with Crippen LogP contribution < -0.4 is 20.3 Å². The molecule has 9 nitrogen and oxygen atoms in total. The molecule has 0 radical (unpaired) electrons. The number of fused-ring (bicyclic) bond motifs is 1. The Balaban J connectivity index is 1.77. The molecule has 1 aliphatic rings. The maximum atomic E-state index is 13.1.